The van der Waals surface area contributed by atoms with Crippen molar-refractivity contribution in [2.24, 2.45) is 0 Å². The lowest BCUT2D eigenvalue weighted by molar-refractivity contribution is 0.0946. The van der Waals surface area contributed by atoms with Crippen molar-refractivity contribution in [2.75, 3.05) is 5.73 Å². The topological polar surface area (TPSA) is 80.9 Å². The molecule has 0 atom stereocenters. The molecule has 0 aromatic carbocycles. The van der Waals surface area contributed by atoms with Gasteiger partial charge >= 0.3 is 0 Å². The van der Waals surface area contributed by atoms with Gasteiger partial charge in [-0.15, -0.1) is 0 Å². The summed E-state index contributed by atoms with van der Waals surface area (Å²) in [7, 11) is 0. The molecule has 0 saturated heterocycles. The standard InChI is InChI=1S/C12H12N4O/c13-10-3-5-15-11(6-10)12(17)16-8-9-2-1-4-14-7-9/h1-7H,8H2,(H2,13,15)(H,16,17). The van der Waals surface area contributed by atoms with Crippen LogP contribution in [0.1, 0.15) is 16.1 Å². The number of nitrogens with two attached hydrogens (primary N) is 1. The molecule has 0 bridgehead atoms. The lowest BCUT2D eigenvalue weighted by Gasteiger charge is -2.04. The van der Waals surface area contributed by atoms with Crippen LogP contribution in [0.4, 0.5) is 5.69 Å². The number of hydrogen-bond donors (Lipinski definition) is 2. The third kappa shape index (κ3) is 3.01. The maximum Gasteiger partial charge on any atom is 0.270 e. The lowest BCUT2D eigenvalue weighted by Crippen LogP contribution is -2.23. The Kier molecular flexibility index (Phi) is 3.30. The summed E-state index contributed by atoms with van der Waals surface area (Å²) < 4.78 is 0. The first-order chi connectivity index (χ1) is 8.25. The summed E-state index contributed by atoms with van der Waals surface area (Å²) in [6.45, 7) is 0.420. The van der Waals surface area contributed by atoms with Gasteiger partial charge in [-0.1, -0.05) is 6.07 Å². The quantitative estimate of drug-likeness (QED) is 0.820. The van der Waals surface area contributed by atoms with Crippen molar-refractivity contribution >= 4 is 11.6 Å². The molecule has 5 heteroatoms. The van der Waals surface area contributed by atoms with Crippen molar-refractivity contribution in [1.82, 2.24) is 15.3 Å². The summed E-state index contributed by atoms with van der Waals surface area (Å²) in [6.07, 6.45) is 4.89. The first-order valence-corrected chi connectivity index (χ1v) is 5.14. The molecule has 2 aromatic rings. The molecule has 0 aliphatic carbocycles. The van der Waals surface area contributed by atoms with E-state index in [9.17, 15) is 4.79 Å². The van der Waals surface area contributed by atoms with Crippen LogP contribution in [0.2, 0.25) is 0 Å². The number of nitrogen functional groups attached to an aromatic ring is 1. The van der Waals surface area contributed by atoms with Gasteiger partial charge in [-0.25, -0.2) is 0 Å². The van der Waals surface area contributed by atoms with Crippen LogP contribution in [0.25, 0.3) is 0 Å². The maximum atomic E-state index is 11.7. The molecule has 0 fully saturated rings. The minimum absolute atomic E-state index is 0.249. The summed E-state index contributed by atoms with van der Waals surface area (Å²) in [4.78, 5) is 19.6. The molecule has 0 spiro atoms. The Morgan fingerprint density at radius 2 is 2.24 bits per heavy atom. The monoisotopic (exact) mass is 228 g/mol. The fourth-order valence-corrected chi connectivity index (χ4v) is 1.35. The van der Waals surface area contributed by atoms with Gasteiger partial charge in [0.25, 0.3) is 5.91 Å². The van der Waals surface area contributed by atoms with E-state index in [0.29, 0.717) is 17.9 Å². The Balaban J connectivity index is 1.98. The van der Waals surface area contributed by atoms with Crippen molar-refractivity contribution in [1.29, 1.82) is 0 Å². The molecule has 0 unspecified atom stereocenters. The molecule has 0 radical (unpaired) electrons. The Bertz CT molecular complexity index is 513. The zero-order valence-corrected chi connectivity index (χ0v) is 9.13. The van der Waals surface area contributed by atoms with E-state index in [2.05, 4.69) is 15.3 Å². The van der Waals surface area contributed by atoms with Crippen LogP contribution in [0.5, 0.6) is 0 Å². The van der Waals surface area contributed by atoms with Crippen LogP contribution in [0, 0.1) is 0 Å². The van der Waals surface area contributed by atoms with E-state index in [-0.39, 0.29) is 5.91 Å². The number of anilines is 1. The summed E-state index contributed by atoms with van der Waals surface area (Å²) >= 11 is 0. The number of nitrogens with zero attached hydrogens (tertiary/aromatic N) is 2. The second kappa shape index (κ2) is 5.07. The molecule has 0 aliphatic rings. The maximum absolute atomic E-state index is 11.7. The van der Waals surface area contributed by atoms with E-state index >= 15 is 0 Å². The van der Waals surface area contributed by atoms with E-state index in [4.69, 9.17) is 5.73 Å². The van der Waals surface area contributed by atoms with E-state index in [1.54, 1.807) is 24.5 Å². The summed E-state index contributed by atoms with van der Waals surface area (Å²) in [5.41, 5.74) is 7.34. The minimum atomic E-state index is -0.249. The van der Waals surface area contributed by atoms with Gasteiger partial charge < -0.3 is 11.1 Å². The molecule has 2 rings (SSSR count). The normalized spacial score (nSPS) is 9.88. The van der Waals surface area contributed by atoms with Crippen molar-refractivity contribution in [2.45, 2.75) is 6.54 Å². The number of hydrogen-bond acceptors (Lipinski definition) is 4. The average molecular weight is 228 g/mol. The van der Waals surface area contributed by atoms with Gasteiger partial charge in [0.1, 0.15) is 5.69 Å². The third-order valence-electron chi connectivity index (χ3n) is 2.19. The predicted octanol–water partition coefficient (Wildman–Crippen LogP) is 0.989. The average Bonchev–Trinajstić information content (AvgIpc) is 2.37. The second-order valence-electron chi connectivity index (χ2n) is 3.52. The number of carbonyl (C=O) groups excluding carboxylic acids is 1. The number of aromatic nitrogens is 2. The lowest BCUT2D eigenvalue weighted by atomic mass is 10.2. The molecular weight excluding hydrogens is 216 g/mol. The molecule has 5 nitrogen and oxygen atoms in total. The van der Waals surface area contributed by atoms with Gasteiger partial charge in [0.05, 0.1) is 0 Å². The fourth-order valence-electron chi connectivity index (χ4n) is 1.35. The van der Waals surface area contributed by atoms with Crippen LogP contribution in [-0.4, -0.2) is 15.9 Å². The highest BCUT2D eigenvalue weighted by Gasteiger charge is 2.06. The summed E-state index contributed by atoms with van der Waals surface area (Å²) in [5, 5.41) is 2.75. The molecule has 0 saturated carbocycles. The predicted molar refractivity (Wildman–Crippen MR) is 64.1 cm³/mol. The summed E-state index contributed by atoms with van der Waals surface area (Å²) in [5.74, 6) is -0.249. The molecule has 2 aromatic heterocycles. The Morgan fingerprint density at radius 1 is 1.35 bits per heavy atom. The zero-order chi connectivity index (χ0) is 12.1. The van der Waals surface area contributed by atoms with Crippen molar-refractivity contribution < 1.29 is 4.79 Å². The minimum Gasteiger partial charge on any atom is -0.399 e. The number of carbonyl (C=O) groups is 1. The van der Waals surface area contributed by atoms with E-state index in [1.807, 2.05) is 12.1 Å². The third-order valence-corrected chi connectivity index (χ3v) is 2.19. The highest BCUT2D eigenvalue weighted by atomic mass is 16.1. The highest BCUT2D eigenvalue weighted by Crippen LogP contribution is 2.03. The van der Waals surface area contributed by atoms with Crippen molar-refractivity contribution in [3.05, 3.63) is 54.1 Å². The number of amides is 1. The van der Waals surface area contributed by atoms with Crippen LogP contribution < -0.4 is 11.1 Å². The second-order valence-corrected chi connectivity index (χ2v) is 3.52. The summed E-state index contributed by atoms with van der Waals surface area (Å²) in [6, 6.07) is 6.89. The van der Waals surface area contributed by atoms with Gasteiger partial charge in [0.2, 0.25) is 0 Å². The van der Waals surface area contributed by atoms with Crippen molar-refractivity contribution in [3.8, 4) is 0 Å². The molecule has 17 heavy (non-hydrogen) atoms. The molecular formula is C12H12N4O. The van der Waals surface area contributed by atoms with Crippen LogP contribution in [0.3, 0.4) is 0 Å². The van der Waals surface area contributed by atoms with E-state index in [0.717, 1.165) is 5.56 Å². The SMILES string of the molecule is Nc1ccnc(C(=O)NCc2cccnc2)c1. The number of nitrogens with one attached hydrogen (secondary N) is 1. The van der Waals surface area contributed by atoms with Crippen LogP contribution >= 0.6 is 0 Å². The Morgan fingerprint density at radius 3 is 2.94 bits per heavy atom. The first-order valence-electron chi connectivity index (χ1n) is 5.14. The van der Waals surface area contributed by atoms with Gasteiger partial charge in [-0.3, -0.25) is 14.8 Å². The molecule has 86 valence electrons. The molecule has 1 amide bonds. The fraction of sp³-hybridized carbons (Fsp3) is 0.0833. The smallest absolute Gasteiger partial charge is 0.270 e. The van der Waals surface area contributed by atoms with E-state index < -0.39 is 0 Å². The van der Waals surface area contributed by atoms with Crippen molar-refractivity contribution in [3.63, 3.8) is 0 Å². The molecule has 0 aliphatic heterocycles. The zero-order valence-electron chi connectivity index (χ0n) is 9.13. The highest BCUT2D eigenvalue weighted by molar-refractivity contribution is 5.92. The molecule has 2 heterocycles. The van der Waals surface area contributed by atoms with Gasteiger partial charge in [0.15, 0.2) is 0 Å². The molecule has 3 N–H and O–H groups in total. The van der Waals surface area contributed by atoms with Crippen LogP contribution in [-0.2, 0) is 6.54 Å². The van der Waals surface area contributed by atoms with Gasteiger partial charge in [0, 0.05) is 30.8 Å². The first kappa shape index (κ1) is 11.1. The van der Waals surface area contributed by atoms with Gasteiger partial charge in [-0.05, 0) is 23.8 Å². The van der Waals surface area contributed by atoms with Gasteiger partial charge in [-0.2, -0.15) is 0 Å². The Labute approximate surface area is 98.7 Å². The van der Waals surface area contributed by atoms with E-state index in [1.165, 1.54) is 6.20 Å². The van der Waals surface area contributed by atoms with Crippen LogP contribution in [0.15, 0.2) is 42.9 Å². The largest absolute Gasteiger partial charge is 0.399 e. The number of pyridine rings is 2. The number of rotatable bonds is 3. The Hall–Kier alpha value is -2.43.